The maximum Gasteiger partial charge on any atom is 0.0330 e. The first kappa shape index (κ1) is 18.6. The third-order valence-corrected chi connectivity index (χ3v) is 6.01. The van der Waals surface area contributed by atoms with Crippen LogP contribution in [0.15, 0.2) is 72.8 Å². The van der Waals surface area contributed by atoms with E-state index in [4.69, 9.17) is 0 Å². The lowest BCUT2D eigenvalue weighted by molar-refractivity contribution is 0.347. The van der Waals surface area contributed by atoms with Crippen LogP contribution in [0.2, 0.25) is 0 Å². The third kappa shape index (κ3) is 4.20. The summed E-state index contributed by atoms with van der Waals surface area (Å²) in [7, 11) is 0. The van der Waals surface area contributed by atoms with Gasteiger partial charge in [0, 0.05) is 11.1 Å². The van der Waals surface area contributed by atoms with Crippen LogP contribution in [0.1, 0.15) is 60.8 Å². The van der Waals surface area contributed by atoms with E-state index in [1.54, 1.807) is 0 Å². The van der Waals surface area contributed by atoms with Gasteiger partial charge in [-0.25, -0.2) is 0 Å². The highest BCUT2D eigenvalue weighted by atomic mass is 14.3. The predicted molar refractivity (Wildman–Crippen MR) is 119 cm³/mol. The van der Waals surface area contributed by atoms with Gasteiger partial charge in [-0.3, -0.25) is 0 Å². The van der Waals surface area contributed by atoms with Crippen LogP contribution in [0.4, 0.5) is 0 Å². The maximum absolute atomic E-state index is 3.53. The molecule has 1 saturated carbocycles. The number of rotatable bonds is 2. The van der Waals surface area contributed by atoms with E-state index in [9.17, 15) is 0 Å². The van der Waals surface area contributed by atoms with Gasteiger partial charge in [0.05, 0.1) is 0 Å². The summed E-state index contributed by atoms with van der Waals surface area (Å²) in [5, 5.41) is 0. The largest absolute Gasteiger partial charge is 0.0625 e. The van der Waals surface area contributed by atoms with Crippen molar-refractivity contribution >= 4 is 0 Å². The summed E-state index contributed by atoms with van der Waals surface area (Å²) < 4.78 is 0. The SMILES string of the molecule is Cc1ccc(-c2ccccc2)c(C#Cc2ccccc2C2CCC(C)CC2)c1. The molecule has 0 radical (unpaired) electrons. The molecule has 1 aliphatic rings. The molecule has 0 heteroatoms. The standard InChI is InChI=1S/C28H28/c1-21-12-15-25(16-13-21)27-11-7-6-10-24(27)17-18-26-20-22(2)14-19-28(26)23-8-4-3-5-9-23/h3-11,14,19-21,25H,12-13,15-16H2,1-2H3. The summed E-state index contributed by atoms with van der Waals surface area (Å²) in [6, 6.07) is 25.9. The van der Waals surface area contributed by atoms with Gasteiger partial charge in [-0.1, -0.05) is 92.3 Å². The van der Waals surface area contributed by atoms with Crippen molar-refractivity contribution < 1.29 is 0 Å². The number of hydrogen-bond acceptors (Lipinski definition) is 0. The Morgan fingerprint density at radius 2 is 1.39 bits per heavy atom. The minimum absolute atomic E-state index is 0.660. The smallest absolute Gasteiger partial charge is 0.0330 e. The van der Waals surface area contributed by atoms with E-state index >= 15 is 0 Å². The summed E-state index contributed by atoms with van der Waals surface area (Å²) in [5.41, 5.74) is 7.43. The molecule has 0 N–H and O–H groups in total. The Hall–Kier alpha value is -2.78. The predicted octanol–water partition coefficient (Wildman–Crippen LogP) is 7.36. The fourth-order valence-corrected chi connectivity index (χ4v) is 4.30. The molecule has 1 fully saturated rings. The quantitative estimate of drug-likeness (QED) is 0.417. The van der Waals surface area contributed by atoms with Gasteiger partial charge in [0.1, 0.15) is 0 Å². The molecule has 0 atom stereocenters. The highest BCUT2D eigenvalue weighted by Crippen LogP contribution is 2.36. The fourth-order valence-electron chi connectivity index (χ4n) is 4.30. The molecular formula is C28H28. The molecule has 0 spiro atoms. The second-order valence-corrected chi connectivity index (χ2v) is 8.21. The van der Waals surface area contributed by atoms with Crippen LogP contribution in [-0.4, -0.2) is 0 Å². The molecule has 0 heterocycles. The molecule has 0 amide bonds. The van der Waals surface area contributed by atoms with Gasteiger partial charge < -0.3 is 0 Å². The number of benzene rings is 3. The third-order valence-electron chi connectivity index (χ3n) is 6.01. The summed E-state index contributed by atoms with van der Waals surface area (Å²) in [6.07, 6.45) is 5.25. The molecule has 4 rings (SSSR count). The first-order valence-corrected chi connectivity index (χ1v) is 10.5. The summed E-state index contributed by atoms with van der Waals surface area (Å²) in [6.45, 7) is 4.52. The molecule has 1 aliphatic carbocycles. The highest BCUT2D eigenvalue weighted by molar-refractivity contribution is 5.72. The summed E-state index contributed by atoms with van der Waals surface area (Å²) in [4.78, 5) is 0. The van der Waals surface area contributed by atoms with E-state index < -0.39 is 0 Å². The van der Waals surface area contributed by atoms with Gasteiger partial charge >= 0.3 is 0 Å². The van der Waals surface area contributed by atoms with E-state index in [2.05, 4.69) is 98.5 Å². The molecule has 0 aromatic heterocycles. The van der Waals surface area contributed by atoms with Gasteiger partial charge in [-0.15, -0.1) is 0 Å². The van der Waals surface area contributed by atoms with Gasteiger partial charge in [-0.2, -0.15) is 0 Å². The van der Waals surface area contributed by atoms with E-state index in [-0.39, 0.29) is 0 Å². The van der Waals surface area contributed by atoms with Crippen molar-refractivity contribution in [2.45, 2.75) is 45.4 Å². The number of hydrogen-bond donors (Lipinski definition) is 0. The fraction of sp³-hybridized carbons (Fsp3) is 0.286. The van der Waals surface area contributed by atoms with Crippen LogP contribution in [-0.2, 0) is 0 Å². The lowest BCUT2D eigenvalue weighted by Gasteiger charge is -2.27. The van der Waals surface area contributed by atoms with Gasteiger partial charge in [-0.05, 0) is 66.0 Å². The Morgan fingerprint density at radius 1 is 0.714 bits per heavy atom. The second kappa shape index (κ2) is 8.49. The Bertz CT molecular complexity index is 993. The van der Waals surface area contributed by atoms with Gasteiger partial charge in [0.2, 0.25) is 0 Å². The van der Waals surface area contributed by atoms with Crippen molar-refractivity contribution in [1.82, 2.24) is 0 Å². The zero-order valence-corrected chi connectivity index (χ0v) is 16.9. The number of aryl methyl sites for hydroxylation is 1. The normalized spacial score (nSPS) is 18.9. The molecule has 3 aromatic carbocycles. The van der Waals surface area contributed by atoms with Crippen molar-refractivity contribution in [3.05, 3.63) is 95.1 Å². The Balaban J connectivity index is 1.70. The first-order valence-electron chi connectivity index (χ1n) is 10.5. The van der Waals surface area contributed by atoms with Gasteiger partial charge in [0.15, 0.2) is 0 Å². The molecule has 0 saturated heterocycles. The lowest BCUT2D eigenvalue weighted by Crippen LogP contribution is -2.11. The van der Waals surface area contributed by atoms with Crippen LogP contribution in [0.25, 0.3) is 11.1 Å². The summed E-state index contributed by atoms with van der Waals surface area (Å²) >= 11 is 0. The van der Waals surface area contributed by atoms with Crippen molar-refractivity contribution in [2.75, 3.05) is 0 Å². The van der Waals surface area contributed by atoms with Crippen molar-refractivity contribution in [1.29, 1.82) is 0 Å². The molecule has 0 unspecified atom stereocenters. The second-order valence-electron chi connectivity index (χ2n) is 8.21. The molecule has 140 valence electrons. The van der Waals surface area contributed by atoms with E-state index in [1.165, 1.54) is 53.5 Å². The maximum atomic E-state index is 3.53. The zero-order valence-electron chi connectivity index (χ0n) is 16.9. The van der Waals surface area contributed by atoms with E-state index in [0.29, 0.717) is 5.92 Å². The average molecular weight is 365 g/mol. The van der Waals surface area contributed by atoms with Crippen LogP contribution in [0.5, 0.6) is 0 Å². The summed E-state index contributed by atoms with van der Waals surface area (Å²) in [5.74, 6) is 8.56. The van der Waals surface area contributed by atoms with Crippen LogP contribution >= 0.6 is 0 Å². The minimum Gasteiger partial charge on any atom is -0.0625 e. The Morgan fingerprint density at radius 3 is 2.18 bits per heavy atom. The minimum atomic E-state index is 0.660. The molecular weight excluding hydrogens is 336 g/mol. The Kier molecular flexibility index (Phi) is 5.63. The molecule has 0 bridgehead atoms. The van der Waals surface area contributed by atoms with Crippen LogP contribution in [0, 0.1) is 24.7 Å². The van der Waals surface area contributed by atoms with Crippen LogP contribution < -0.4 is 0 Å². The van der Waals surface area contributed by atoms with Crippen molar-refractivity contribution in [3.63, 3.8) is 0 Å². The highest BCUT2D eigenvalue weighted by Gasteiger charge is 2.21. The topological polar surface area (TPSA) is 0 Å². The van der Waals surface area contributed by atoms with E-state index in [0.717, 1.165) is 11.5 Å². The lowest BCUT2D eigenvalue weighted by atomic mass is 9.78. The molecule has 0 aliphatic heterocycles. The first-order chi connectivity index (χ1) is 13.7. The van der Waals surface area contributed by atoms with Crippen molar-refractivity contribution in [3.8, 4) is 23.0 Å². The van der Waals surface area contributed by atoms with Crippen LogP contribution in [0.3, 0.4) is 0 Å². The van der Waals surface area contributed by atoms with Gasteiger partial charge in [0.25, 0.3) is 0 Å². The van der Waals surface area contributed by atoms with Crippen molar-refractivity contribution in [2.24, 2.45) is 5.92 Å². The molecule has 3 aromatic rings. The Labute approximate surface area is 169 Å². The zero-order chi connectivity index (χ0) is 19.3. The monoisotopic (exact) mass is 364 g/mol. The van der Waals surface area contributed by atoms with E-state index in [1.807, 2.05) is 0 Å². The molecule has 0 nitrogen and oxygen atoms in total. The molecule has 28 heavy (non-hydrogen) atoms. The average Bonchev–Trinajstić information content (AvgIpc) is 2.74.